The first-order chi connectivity index (χ1) is 19.1. The highest BCUT2D eigenvalue weighted by Crippen LogP contribution is 2.32. The lowest BCUT2D eigenvalue weighted by Crippen LogP contribution is -2.60. The van der Waals surface area contributed by atoms with E-state index in [0.29, 0.717) is 5.92 Å². The van der Waals surface area contributed by atoms with E-state index in [1.807, 2.05) is 7.05 Å². The predicted molar refractivity (Wildman–Crippen MR) is 150 cm³/mol. The molecule has 40 heavy (non-hydrogen) atoms. The van der Waals surface area contributed by atoms with Crippen LogP contribution in [0.15, 0.2) is 17.1 Å². The number of likely N-dealkylation sites (tertiary alicyclic amines) is 1. The van der Waals surface area contributed by atoms with Gasteiger partial charge >= 0.3 is 17.8 Å². The lowest BCUT2D eigenvalue weighted by molar-refractivity contribution is -0.138. The third kappa shape index (κ3) is 7.51. The molecule has 0 bridgehead atoms. The number of nitrogens with one attached hydrogen (secondary N) is 3. The van der Waals surface area contributed by atoms with Gasteiger partial charge in [-0.2, -0.15) is 4.98 Å². The maximum absolute atomic E-state index is 12.8. The number of rotatable bonds is 8. The van der Waals surface area contributed by atoms with Gasteiger partial charge in [0.15, 0.2) is 0 Å². The van der Waals surface area contributed by atoms with Gasteiger partial charge in [-0.05, 0) is 84.0 Å². The van der Waals surface area contributed by atoms with Crippen LogP contribution in [0.3, 0.4) is 0 Å². The van der Waals surface area contributed by atoms with Gasteiger partial charge in [-0.1, -0.05) is 0 Å². The Labute approximate surface area is 235 Å². The minimum Gasteiger partial charge on any atom is -0.465 e. The number of carboxylic acid groups (broad SMARTS) is 1. The fourth-order valence-electron chi connectivity index (χ4n) is 6.28. The Morgan fingerprint density at radius 2 is 1.68 bits per heavy atom. The molecular formula is C27H44N8O5. The zero-order valence-corrected chi connectivity index (χ0v) is 23.9. The first-order valence-corrected chi connectivity index (χ1v) is 14.4. The molecule has 3 heterocycles. The summed E-state index contributed by atoms with van der Waals surface area (Å²) in [6.07, 6.45) is 5.82. The summed E-state index contributed by atoms with van der Waals surface area (Å²) in [4.78, 5) is 59.1. The van der Waals surface area contributed by atoms with Gasteiger partial charge in [-0.15, -0.1) is 0 Å². The second kappa shape index (κ2) is 13.0. The molecule has 1 aliphatic carbocycles. The lowest BCUT2D eigenvalue weighted by Gasteiger charge is -2.38. The van der Waals surface area contributed by atoms with Gasteiger partial charge in [0.1, 0.15) is 11.4 Å². The molecule has 13 nitrogen and oxygen atoms in total. The van der Waals surface area contributed by atoms with Crippen LogP contribution in [0.25, 0.3) is 0 Å². The van der Waals surface area contributed by atoms with Crippen LogP contribution in [-0.4, -0.2) is 112 Å². The number of urea groups is 1. The van der Waals surface area contributed by atoms with Crippen molar-refractivity contribution in [1.29, 1.82) is 0 Å². The third-order valence-electron chi connectivity index (χ3n) is 8.46. The van der Waals surface area contributed by atoms with Gasteiger partial charge in [0.05, 0.1) is 0 Å². The zero-order valence-electron chi connectivity index (χ0n) is 23.9. The Balaban J connectivity index is 1.23. The average molecular weight is 561 g/mol. The van der Waals surface area contributed by atoms with Gasteiger partial charge < -0.3 is 30.4 Å². The van der Waals surface area contributed by atoms with Crippen LogP contribution in [0.1, 0.15) is 52.0 Å². The highest BCUT2D eigenvalue weighted by atomic mass is 16.4. The van der Waals surface area contributed by atoms with Crippen molar-refractivity contribution in [3.05, 3.63) is 22.7 Å². The quantitative estimate of drug-likeness (QED) is 0.371. The molecule has 4 N–H and O–H groups in total. The van der Waals surface area contributed by atoms with E-state index < -0.39 is 11.6 Å². The largest absolute Gasteiger partial charge is 0.465 e. The van der Waals surface area contributed by atoms with E-state index in [0.717, 1.165) is 44.7 Å². The molecule has 13 heteroatoms. The molecule has 0 spiro atoms. The summed E-state index contributed by atoms with van der Waals surface area (Å²) in [5.74, 6) is 1.28. The van der Waals surface area contributed by atoms with Crippen LogP contribution in [-0.2, 0) is 4.79 Å². The van der Waals surface area contributed by atoms with Gasteiger partial charge in [0.2, 0.25) is 5.91 Å². The number of amides is 4. The van der Waals surface area contributed by atoms with Gasteiger partial charge in [0, 0.05) is 51.5 Å². The van der Waals surface area contributed by atoms with Crippen molar-refractivity contribution in [1.82, 2.24) is 34.9 Å². The Morgan fingerprint density at radius 3 is 2.30 bits per heavy atom. The number of carbonyl (C=O) groups excluding carboxylic acids is 2. The summed E-state index contributed by atoms with van der Waals surface area (Å²) >= 11 is 0. The number of hydrogen-bond donors (Lipinski definition) is 4. The molecule has 0 radical (unpaired) electrons. The van der Waals surface area contributed by atoms with Crippen molar-refractivity contribution < 1.29 is 19.5 Å². The third-order valence-corrected chi connectivity index (χ3v) is 8.46. The number of aromatic nitrogens is 2. The molecule has 2 aliphatic heterocycles. The van der Waals surface area contributed by atoms with Crippen LogP contribution >= 0.6 is 0 Å². The fourth-order valence-corrected chi connectivity index (χ4v) is 6.28. The van der Waals surface area contributed by atoms with Gasteiger partial charge in [-0.25, -0.2) is 14.4 Å². The fraction of sp³-hybridized carbons (Fsp3) is 0.741. The van der Waals surface area contributed by atoms with E-state index >= 15 is 0 Å². The van der Waals surface area contributed by atoms with E-state index in [9.17, 15) is 19.2 Å². The van der Waals surface area contributed by atoms with E-state index in [4.69, 9.17) is 5.11 Å². The predicted octanol–water partition coefficient (Wildman–Crippen LogP) is 1.24. The smallest absolute Gasteiger partial charge is 0.405 e. The topological polar surface area (TPSA) is 152 Å². The highest BCUT2D eigenvalue weighted by Gasteiger charge is 2.36. The van der Waals surface area contributed by atoms with E-state index in [2.05, 4.69) is 25.8 Å². The minimum atomic E-state index is -1.27. The Kier molecular flexibility index (Phi) is 9.67. The van der Waals surface area contributed by atoms with Crippen LogP contribution in [0.2, 0.25) is 0 Å². The molecule has 1 atom stereocenters. The second-order valence-corrected chi connectivity index (χ2v) is 11.9. The minimum absolute atomic E-state index is 0.127. The maximum atomic E-state index is 12.8. The highest BCUT2D eigenvalue weighted by molar-refractivity contribution is 5.90. The summed E-state index contributed by atoms with van der Waals surface area (Å²) in [5.41, 5.74) is -1.62. The Morgan fingerprint density at radius 1 is 1.00 bits per heavy atom. The number of nitrogens with zero attached hydrogens (tertiary/aromatic N) is 5. The van der Waals surface area contributed by atoms with Gasteiger partial charge in [0.25, 0.3) is 0 Å². The van der Waals surface area contributed by atoms with Crippen molar-refractivity contribution in [3.8, 4) is 0 Å². The number of anilines is 1. The Hall–Kier alpha value is -3.19. The first-order valence-electron chi connectivity index (χ1n) is 14.4. The van der Waals surface area contributed by atoms with Crippen LogP contribution < -0.4 is 21.6 Å². The van der Waals surface area contributed by atoms with Gasteiger partial charge in [-0.3, -0.25) is 14.7 Å². The van der Waals surface area contributed by atoms with Crippen molar-refractivity contribution in [2.75, 3.05) is 64.7 Å². The standard InChI is InChI=1S/C27H44N8O5/c1-27(2,31-26(39)40)23(36)33-12-14-34(15-13-33)24(37)29-22-9-11-35(25(38)30-22)21-6-4-19(5-7-21)17-32-10-8-20(18-32)16-28-3/h9,11,19-21,28,31H,4-8,10,12-18H2,1-3H3,(H,39,40)(H,29,30,37,38)/t19?,20-,21?/m1/s1. The van der Waals surface area contributed by atoms with Crippen LogP contribution in [0.5, 0.6) is 0 Å². The van der Waals surface area contributed by atoms with Crippen molar-refractivity contribution in [3.63, 3.8) is 0 Å². The zero-order chi connectivity index (χ0) is 28.9. The summed E-state index contributed by atoms with van der Waals surface area (Å²) in [5, 5.41) is 17.2. The Bertz CT molecular complexity index is 1110. The molecule has 3 fully saturated rings. The molecule has 2 saturated heterocycles. The van der Waals surface area contributed by atoms with E-state index in [-0.39, 0.29) is 55.7 Å². The summed E-state index contributed by atoms with van der Waals surface area (Å²) < 4.78 is 1.70. The maximum Gasteiger partial charge on any atom is 0.405 e. The summed E-state index contributed by atoms with van der Waals surface area (Å²) in [7, 11) is 2.02. The SMILES string of the molecule is CNC[C@H]1CCN(CC2CCC(n3ccc(NC(=O)N4CCN(C(=O)C(C)(C)NC(=O)O)CC4)nc3=O)CC2)C1. The molecule has 1 saturated carbocycles. The molecular weight excluding hydrogens is 516 g/mol. The molecule has 4 amide bonds. The van der Waals surface area contributed by atoms with Crippen LogP contribution in [0.4, 0.5) is 15.4 Å². The number of carbonyl (C=O) groups is 3. The van der Waals surface area contributed by atoms with Crippen molar-refractivity contribution in [2.45, 2.75) is 57.5 Å². The summed E-state index contributed by atoms with van der Waals surface area (Å²) in [6.45, 7) is 8.74. The summed E-state index contributed by atoms with van der Waals surface area (Å²) in [6, 6.07) is 1.40. The first kappa shape index (κ1) is 29.8. The molecule has 1 aromatic heterocycles. The normalized spacial score (nSPS) is 24.1. The monoisotopic (exact) mass is 560 g/mol. The molecule has 4 rings (SSSR count). The molecule has 1 aromatic rings. The molecule has 3 aliphatic rings. The van der Waals surface area contributed by atoms with Crippen molar-refractivity contribution >= 4 is 23.8 Å². The molecule has 0 unspecified atom stereocenters. The lowest BCUT2D eigenvalue weighted by atomic mass is 9.85. The number of hydrogen-bond acceptors (Lipinski definition) is 7. The number of piperazine rings is 1. The molecule has 0 aromatic carbocycles. The van der Waals surface area contributed by atoms with E-state index in [1.165, 1.54) is 33.4 Å². The van der Waals surface area contributed by atoms with Crippen molar-refractivity contribution in [2.24, 2.45) is 11.8 Å². The average Bonchev–Trinajstić information content (AvgIpc) is 3.35. The van der Waals surface area contributed by atoms with E-state index in [1.54, 1.807) is 26.6 Å². The second-order valence-electron chi connectivity index (χ2n) is 11.9. The van der Waals surface area contributed by atoms with Crippen LogP contribution in [0, 0.1) is 11.8 Å². The molecule has 222 valence electrons.